The Kier molecular flexibility index (Phi) is 2.69. The van der Waals surface area contributed by atoms with Crippen molar-refractivity contribution in [1.29, 1.82) is 0 Å². The second kappa shape index (κ2) is 4.24. The zero-order chi connectivity index (χ0) is 13.9. The van der Waals surface area contributed by atoms with Crippen molar-refractivity contribution >= 4 is 5.69 Å². The lowest BCUT2D eigenvalue weighted by Crippen LogP contribution is -2.49. The maximum Gasteiger partial charge on any atom is 0.0849 e. The van der Waals surface area contributed by atoms with Gasteiger partial charge in [-0.3, -0.25) is 0 Å². The zero-order valence-electron chi connectivity index (χ0n) is 12.3. The summed E-state index contributed by atoms with van der Waals surface area (Å²) in [5, 5.41) is 11.1. The number of aliphatic hydroxyl groups is 1. The van der Waals surface area contributed by atoms with Crippen LogP contribution >= 0.6 is 0 Å². The molecule has 2 nitrogen and oxygen atoms in total. The van der Waals surface area contributed by atoms with Gasteiger partial charge in [-0.15, -0.1) is 0 Å². The van der Waals surface area contributed by atoms with E-state index in [1.165, 1.54) is 44.1 Å². The highest BCUT2D eigenvalue weighted by molar-refractivity contribution is 5.45. The number of aryl methyl sites for hydroxylation is 1. The number of rotatable bonds is 2. The van der Waals surface area contributed by atoms with Gasteiger partial charge in [0.1, 0.15) is 0 Å². The number of nitrogens with two attached hydrogens (primary N) is 1. The number of hydrogen-bond donors (Lipinski definition) is 2. The third-order valence-corrected chi connectivity index (χ3v) is 6.26. The second-order valence-electron chi connectivity index (χ2n) is 7.80. The van der Waals surface area contributed by atoms with E-state index < -0.39 is 0 Å². The molecule has 1 atom stereocenters. The van der Waals surface area contributed by atoms with Gasteiger partial charge in [0, 0.05) is 11.1 Å². The molecule has 5 rings (SSSR count). The van der Waals surface area contributed by atoms with Crippen LogP contribution in [0.15, 0.2) is 18.2 Å². The van der Waals surface area contributed by atoms with Gasteiger partial charge in [-0.2, -0.15) is 0 Å². The molecule has 0 radical (unpaired) electrons. The predicted octanol–water partition coefficient (Wildman–Crippen LogP) is 3.83. The average Bonchev–Trinajstić information content (AvgIpc) is 2.39. The third-order valence-electron chi connectivity index (χ3n) is 6.26. The molecule has 4 bridgehead atoms. The first-order chi connectivity index (χ1) is 9.56. The Balaban J connectivity index is 1.71. The monoisotopic (exact) mass is 271 g/mol. The molecule has 4 saturated carbocycles. The van der Waals surface area contributed by atoms with Crippen LogP contribution in [-0.2, 0) is 0 Å². The molecule has 4 fully saturated rings. The van der Waals surface area contributed by atoms with E-state index in [2.05, 4.69) is 6.92 Å². The fraction of sp³-hybridized carbons (Fsp3) is 0.667. The first-order valence-corrected chi connectivity index (χ1v) is 8.10. The first-order valence-electron chi connectivity index (χ1n) is 8.10. The van der Waals surface area contributed by atoms with Crippen molar-refractivity contribution in [2.75, 3.05) is 5.73 Å². The molecule has 3 N–H and O–H groups in total. The minimum Gasteiger partial charge on any atom is -0.399 e. The largest absolute Gasteiger partial charge is 0.399 e. The third kappa shape index (κ3) is 1.81. The second-order valence-corrected chi connectivity index (χ2v) is 7.80. The number of benzene rings is 1. The van der Waals surface area contributed by atoms with E-state index in [-0.39, 0.29) is 11.5 Å². The van der Waals surface area contributed by atoms with Gasteiger partial charge in [-0.1, -0.05) is 6.07 Å². The van der Waals surface area contributed by atoms with Crippen LogP contribution in [0.3, 0.4) is 0 Å². The van der Waals surface area contributed by atoms with Gasteiger partial charge in [-0.25, -0.2) is 0 Å². The molecule has 0 spiro atoms. The van der Waals surface area contributed by atoms with Crippen molar-refractivity contribution in [3.63, 3.8) is 0 Å². The van der Waals surface area contributed by atoms with E-state index in [1.54, 1.807) is 0 Å². The first kappa shape index (κ1) is 12.7. The summed E-state index contributed by atoms with van der Waals surface area (Å²) >= 11 is 0. The number of anilines is 1. The van der Waals surface area contributed by atoms with Gasteiger partial charge in [0.25, 0.3) is 0 Å². The van der Waals surface area contributed by atoms with E-state index in [0.29, 0.717) is 0 Å². The fourth-order valence-corrected chi connectivity index (χ4v) is 5.80. The summed E-state index contributed by atoms with van der Waals surface area (Å²) in [6.07, 6.45) is 7.63. The molecule has 0 saturated heterocycles. The molecular formula is C18H25NO. The summed E-state index contributed by atoms with van der Waals surface area (Å²) in [5.41, 5.74) is 9.12. The van der Waals surface area contributed by atoms with Gasteiger partial charge in [0.15, 0.2) is 0 Å². The molecule has 1 aromatic carbocycles. The normalized spacial score (nSPS) is 40.0. The van der Waals surface area contributed by atoms with E-state index in [4.69, 9.17) is 5.73 Å². The van der Waals surface area contributed by atoms with Crippen molar-refractivity contribution in [1.82, 2.24) is 0 Å². The molecule has 1 unspecified atom stereocenters. The summed E-state index contributed by atoms with van der Waals surface area (Å²) in [6, 6.07) is 5.98. The Labute approximate surface area is 121 Å². The van der Waals surface area contributed by atoms with Crippen molar-refractivity contribution in [2.24, 2.45) is 23.2 Å². The Morgan fingerprint density at radius 1 is 1.10 bits per heavy atom. The van der Waals surface area contributed by atoms with Crippen LogP contribution in [0.2, 0.25) is 0 Å². The van der Waals surface area contributed by atoms with Crippen LogP contribution in [0, 0.1) is 30.1 Å². The highest BCUT2D eigenvalue weighted by Crippen LogP contribution is 2.64. The van der Waals surface area contributed by atoms with Gasteiger partial charge in [0.2, 0.25) is 0 Å². The highest BCUT2D eigenvalue weighted by Gasteiger charge is 2.54. The van der Waals surface area contributed by atoms with Crippen LogP contribution in [0.5, 0.6) is 0 Å². The number of aliphatic hydroxyl groups excluding tert-OH is 1. The van der Waals surface area contributed by atoms with Crippen molar-refractivity contribution in [3.8, 4) is 0 Å². The Morgan fingerprint density at radius 3 is 2.20 bits per heavy atom. The van der Waals surface area contributed by atoms with Gasteiger partial charge >= 0.3 is 0 Å². The highest BCUT2D eigenvalue weighted by atomic mass is 16.3. The molecule has 4 aliphatic carbocycles. The fourth-order valence-electron chi connectivity index (χ4n) is 5.80. The molecule has 4 aliphatic rings. The Morgan fingerprint density at radius 2 is 1.65 bits per heavy atom. The molecule has 1 aromatic rings. The van der Waals surface area contributed by atoms with Crippen LogP contribution in [-0.4, -0.2) is 5.11 Å². The van der Waals surface area contributed by atoms with Crippen LogP contribution in [0.4, 0.5) is 5.69 Å². The smallest absolute Gasteiger partial charge is 0.0849 e. The molecule has 2 heteroatoms. The summed E-state index contributed by atoms with van der Waals surface area (Å²) < 4.78 is 0. The summed E-state index contributed by atoms with van der Waals surface area (Å²) in [6.45, 7) is 2.10. The van der Waals surface area contributed by atoms with Crippen LogP contribution < -0.4 is 5.73 Å². The SMILES string of the molecule is Cc1ccc(N)cc1C(O)C12CC3CC(CC(C3)C1)C2. The standard InChI is InChI=1S/C18H25NO/c1-11-2-3-15(19)7-16(11)17(20)18-8-12-4-13(9-18)6-14(5-12)10-18/h2-3,7,12-14,17,20H,4-6,8-10,19H2,1H3. The molecule has 0 amide bonds. The molecule has 0 aliphatic heterocycles. The topological polar surface area (TPSA) is 46.2 Å². The number of nitrogen functional groups attached to an aromatic ring is 1. The lowest BCUT2D eigenvalue weighted by atomic mass is 9.47. The predicted molar refractivity (Wildman–Crippen MR) is 81.2 cm³/mol. The lowest BCUT2D eigenvalue weighted by Gasteiger charge is -2.58. The van der Waals surface area contributed by atoms with Gasteiger partial charge in [-0.05, 0) is 86.5 Å². The van der Waals surface area contributed by atoms with Gasteiger partial charge in [0.05, 0.1) is 6.10 Å². The van der Waals surface area contributed by atoms with Crippen LogP contribution in [0.25, 0.3) is 0 Å². The summed E-state index contributed by atoms with van der Waals surface area (Å²) in [7, 11) is 0. The Bertz CT molecular complexity index is 501. The summed E-state index contributed by atoms with van der Waals surface area (Å²) in [5.74, 6) is 2.62. The minimum atomic E-state index is -0.320. The van der Waals surface area contributed by atoms with E-state index in [9.17, 15) is 5.11 Å². The lowest BCUT2D eigenvalue weighted by molar-refractivity contribution is -0.122. The molecule has 108 valence electrons. The molecular weight excluding hydrogens is 246 g/mol. The van der Waals surface area contributed by atoms with Crippen molar-refractivity contribution in [3.05, 3.63) is 29.3 Å². The molecule has 20 heavy (non-hydrogen) atoms. The van der Waals surface area contributed by atoms with Crippen LogP contribution in [0.1, 0.15) is 55.8 Å². The zero-order valence-corrected chi connectivity index (χ0v) is 12.3. The maximum absolute atomic E-state index is 11.1. The van der Waals surface area contributed by atoms with E-state index >= 15 is 0 Å². The summed E-state index contributed by atoms with van der Waals surface area (Å²) in [4.78, 5) is 0. The average molecular weight is 271 g/mol. The van der Waals surface area contributed by atoms with Crippen molar-refractivity contribution < 1.29 is 5.11 Å². The minimum absolute atomic E-state index is 0.146. The van der Waals surface area contributed by atoms with E-state index in [1.807, 2.05) is 18.2 Å². The molecule has 0 heterocycles. The maximum atomic E-state index is 11.1. The molecule has 0 aromatic heterocycles. The van der Waals surface area contributed by atoms with Gasteiger partial charge < -0.3 is 10.8 Å². The van der Waals surface area contributed by atoms with Crippen molar-refractivity contribution in [2.45, 2.75) is 51.6 Å². The van der Waals surface area contributed by atoms with E-state index in [0.717, 1.165) is 29.0 Å². The Hall–Kier alpha value is -1.02. The number of hydrogen-bond acceptors (Lipinski definition) is 2. The quantitative estimate of drug-likeness (QED) is 0.803.